The summed E-state index contributed by atoms with van der Waals surface area (Å²) in [5.74, 6) is 5.15. The highest BCUT2D eigenvalue weighted by atomic mass is 35.5. The summed E-state index contributed by atoms with van der Waals surface area (Å²) >= 11 is 10.9. The fourth-order valence-electron chi connectivity index (χ4n) is 0.823. The number of nitro groups is 1. The van der Waals surface area contributed by atoms with Gasteiger partial charge in [0.1, 0.15) is 5.69 Å². The Kier molecular flexibility index (Phi) is 2.92. The fraction of sp³-hybridized carbons (Fsp3) is 0. The monoisotopic (exact) mass is 221 g/mol. The minimum atomic E-state index is -0.608. The number of rotatable bonds is 2. The van der Waals surface area contributed by atoms with Crippen LogP contribution in [0.1, 0.15) is 0 Å². The van der Waals surface area contributed by atoms with Gasteiger partial charge in [-0.25, -0.2) is 10.4 Å². The maximum atomic E-state index is 10.5. The Morgan fingerprint density at radius 1 is 1.54 bits per heavy atom. The highest BCUT2D eigenvalue weighted by Crippen LogP contribution is 2.30. The molecule has 5 nitrogen and oxygen atoms in total. The van der Waals surface area contributed by atoms with Gasteiger partial charge in [-0.3, -0.25) is 10.1 Å². The number of anilines is 1. The van der Waals surface area contributed by atoms with Gasteiger partial charge in [0, 0.05) is 22.9 Å². The number of hydrogen-bond acceptors (Lipinski definition) is 4. The molecule has 0 spiro atoms. The van der Waals surface area contributed by atoms with E-state index in [2.05, 4.69) is 0 Å². The van der Waals surface area contributed by atoms with Gasteiger partial charge in [-0.2, -0.15) is 0 Å². The van der Waals surface area contributed by atoms with Gasteiger partial charge >= 0.3 is 0 Å². The van der Waals surface area contributed by atoms with Gasteiger partial charge in [-0.1, -0.05) is 11.6 Å². The van der Waals surface area contributed by atoms with E-state index in [1.54, 1.807) is 0 Å². The lowest BCUT2D eigenvalue weighted by atomic mass is 10.3. The number of hydrazine groups is 1. The zero-order valence-electron chi connectivity index (χ0n) is 6.28. The van der Waals surface area contributed by atoms with Crippen LogP contribution in [-0.2, 0) is 0 Å². The van der Waals surface area contributed by atoms with E-state index in [-0.39, 0.29) is 16.4 Å². The van der Waals surface area contributed by atoms with Crippen LogP contribution < -0.4 is 10.4 Å². The lowest BCUT2D eigenvalue weighted by Gasteiger charge is -2.08. The Bertz CT molecular complexity index is 343. The molecule has 0 saturated heterocycles. The van der Waals surface area contributed by atoms with Gasteiger partial charge in [0.25, 0.3) is 5.69 Å². The van der Waals surface area contributed by atoms with Crippen LogP contribution in [0, 0.1) is 10.1 Å². The summed E-state index contributed by atoms with van der Waals surface area (Å²) in [5, 5.41) is 10.7. The van der Waals surface area contributed by atoms with Crippen molar-refractivity contribution >= 4 is 34.8 Å². The molecule has 0 atom stereocenters. The first-order chi connectivity index (χ1) is 6.02. The molecule has 1 aromatic carbocycles. The molecule has 0 bridgehead atoms. The average molecular weight is 222 g/mol. The molecular formula is C6H5Cl2N3O2. The van der Waals surface area contributed by atoms with Gasteiger partial charge in [0.2, 0.25) is 0 Å². The van der Waals surface area contributed by atoms with E-state index in [4.69, 9.17) is 29.2 Å². The number of nitro benzene ring substituents is 1. The number of halogens is 2. The van der Waals surface area contributed by atoms with Crippen molar-refractivity contribution < 1.29 is 4.92 Å². The number of benzene rings is 1. The fourth-order valence-corrected chi connectivity index (χ4v) is 1.13. The standard InChI is InChI=1S/C6H5Cl2N3O2/c7-4-1-2-5(10(8)9)6(3-4)11(12)13/h1-3H,9H2. The third-order valence-electron chi connectivity index (χ3n) is 1.36. The van der Waals surface area contributed by atoms with Crippen LogP contribution in [0.3, 0.4) is 0 Å². The van der Waals surface area contributed by atoms with Crippen molar-refractivity contribution in [1.29, 1.82) is 0 Å². The third kappa shape index (κ3) is 2.21. The van der Waals surface area contributed by atoms with E-state index in [1.807, 2.05) is 0 Å². The molecule has 0 radical (unpaired) electrons. The maximum Gasteiger partial charge on any atom is 0.296 e. The average Bonchev–Trinajstić information content (AvgIpc) is 2.03. The molecule has 1 aromatic rings. The molecule has 0 heterocycles. The Morgan fingerprint density at radius 3 is 2.62 bits per heavy atom. The summed E-state index contributed by atoms with van der Waals surface area (Å²) in [4.78, 5) is 9.88. The largest absolute Gasteiger partial charge is 0.296 e. The molecule has 0 saturated carbocycles. The Balaban J connectivity index is 3.27. The Morgan fingerprint density at radius 2 is 2.15 bits per heavy atom. The quantitative estimate of drug-likeness (QED) is 0.360. The van der Waals surface area contributed by atoms with Crippen LogP contribution in [0.4, 0.5) is 11.4 Å². The highest BCUT2D eigenvalue weighted by Gasteiger charge is 2.16. The predicted molar refractivity (Wildman–Crippen MR) is 50.6 cm³/mol. The molecule has 2 N–H and O–H groups in total. The van der Waals surface area contributed by atoms with Gasteiger partial charge in [0.15, 0.2) is 0 Å². The normalized spacial score (nSPS) is 9.77. The van der Waals surface area contributed by atoms with Crippen LogP contribution in [0.15, 0.2) is 18.2 Å². The summed E-state index contributed by atoms with van der Waals surface area (Å²) in [6, 6.07) is 4.01. The van der Waals surface area contributed by atoms with Gasteiger partial charge in [-0.15, -0.1) is 0 Å². The number of hydrogen-bond donors (Lipinski definition) is 1. The second-order valence-corrected chi connectivity index (χ2v) is 3.00. The molecule has 0 aliphatic carbocycles. The van der Waals surface area contributed by atoms with Crippen molar-refractivity contribution in [2.45, 2.75) is 0 Å². The van der Waals surface area contributed by atoms with E-state index < -0.39 is 4.92 Å². The minimum absolute atomic E-state index is 0.0936. The maximum absolute atomic E-state index is 10.5. The van der Waals surface area contributed by atoms with E-state index in [0.717, 1.165) is 0 Å². The molecule has 13 heavy (non-hydrogen) atoms. The zero-order chi connectivity index (χ0) is 10.0. The van der Waals surface area contributed by atoms with Crippen LogP contribution in [0.25, 0.3) is 0 Å². The summed E-state index contributed by atoms with van der Waals surface area (Å²) in [6.07, 6.45) is 0. The molecule has 1 rings (SSSR count). The van der Waals surface area contributed by atoms with Crippen LogP contribution in [0.5, 0.6) is 0 Å². The molecule has 0 aliphatic heterocycles. The Labute approximate surface area is 83.9 Å². The first-order valence-corrected chi connectivity index (χ1v) is 3.88. The SMILES string of the molecule is NN(Cl)c1ccc(Cl)cc1[N+](=O)[O-]. The summed E-state index contributed by atoms with van der Waals surface area (Å²) < 4.78 is 0.647. The van der Waals surface area contributed by atoms with Crippen molar-refractivity contribution in [3.05, 3.63) is 33.3 Å². The second-order valence-electron chi connectivity index (χ2n) is 2.20. The molecular weight excluding hydrogens is 217 g/mol. The van der Waals surface area contributed by atoms with Gasteiger partial charge < -0.3 is 0 Å². The minimum Gasteiger partial charge on any atom is -0.258 e. The van der Waals surface area contributed by atoms with Crippen molar-refractivity contribution in [3.8, 4) is 0 Å². The van der Waals surface area contributed by atoms with Crippen LogP contribution in [0.2, 0.25) is 5.02 Å². The topological polar surface area (TPSA) is 72.4 Å². The smallest absolute Gasteiger partial charge is 0.258 e. The van der Waals surface area contributed by atoms with E-state index in [1.165, 1.54) is 18.2 Å². The lowest BCUT2D eigenvalue weighted by molar-refractivity contribution is -0.384. The number of nitrogens with zero attached hydrogens (tertiary/aromatic N) is 2. The van der Waals surface area contributed by atoms with Crippen molar-refractivity contribution in [3.63, 3.8) is 0 Å². The second kappa shape index (κ2) is 3.78. The van der Waals surface area contributed by atoms with E-state index in [0.29, 0.717) is 4.53 Å². The highest BCUT2D eigenvalue weighted by molar-refractivity contribution is 6.31. The predicted octanol–water partition coefficient (Wildman–Crippen LogP) is 2.08. The van der Waals surface area contributed by atoms with Gasteiger partial charge in [0.05, 0.1) is 4.92 Å². The van der Waals surface area contributed by atoms with Crippen molar-refractivity contribution in [1.82, 2.24) is 0 Å². The molecule has 0 aromatic heterocycles. The van der Waals surface area contributed by atoms with Crippen molar-refractivity contribution in [2.75, 3.05) is 4.53 Å². The zero-order valence-corrected chi connectivity index (χ0v) is 7.79. The molecule has 7 heteroatoms. The van der Waals surface area contributed by atoms with E-state index in [9.17, 15) is 10.1 Å². The third-order valence-corrected chi connectivity index (χ3v) is 1.78. The first kappa shape index (κ1) is 10.0. The lowest BCUT2D eigenvalue weighted by Crippen LogP contribution is -2.19. The summed E-state index contributed by atoms with van der Waals surface area (Å²) in [5.41, 5.74) is -0.138. The van der Waals surface area contributed by atoms with E-state index >= 15 is 0 Å². The van der Waals surface area contributed by atoms with Gasteiger partial charge in [-0.05, 0) is 12.1 Å². The van der Waals surface area contributed by atoms with Crippen LogP contribution >= 0.6 is 23.4 Å². The summed E-state index contributed by atoms with van der Waals surface area (Å²) in [7, 11) is 0. The van der Waals surface area contributed by atoms with Crippen LogP contribution in [-0.4, -0.2) is 4.92 Å². The first-order valence-electron chi connectivity index (χ1n) is 3.17. The summed E-state index contributed by atoms with van der Waals surface area (Å²) in [6.45, 7) is 0. The molecule has 70 valence electrons. The molecule has 0 amide bonds. The number of nitrogens with two attached hydrogens (primary N) is 1. The molecule has 0 fully saturated rings. The van der Waals surface area contributed by atoms with Crippen molar-refractivity contribution in [2.24, 2.45) is 5.84 Å². The molecule has 0 aliphatic rings. The molecule has 0 unspecified atom stereocenters. The Hall–Kier alpha value is -1.04.